The van der Waals surface area contributed by atoms with E-state index in [0.717, 1.165) is 11.4 Å². The van der Waals surface area contributed by atoms with Crippen molar-refractivity contribution < 1.29 is 23.4 Å². The van der Waals surface area contributed by atoms with Gasteiger partial charge in [-0.25, -0.2) is 8.78 Å². The summed E-state index contributed by atoms with van der Waals surface area (Å²) in [5, 5.41) is 17.6. The lowest BCUT2D eigenvalue weighted by atomic mass is 10.1. The zero-order valence-electron chi connectivity index (χ0n) is 13.6. The number of rotatable bonds is 6. The molecule has 2 heterocycles. The monoisotopic (exact) mass is 352 g/mol. The number of aliphatic carboxylic acids is 1. The minimum atomic E-state index is -2.52. The molecule has 1 aliphatic rings. The molecular weight excluding hydrogens is 334 g/mol. The highest BCUT2D eigenvalue weighted by Crippen LogP contribution is 2.22. The SMILES string of the molecule is Cc1nnc2n1CC(C(=O)O)N(Cc1ccc(OCC(F)F)cc1)C2. The number of ether oxygens (including phenoxy) is 1. The Balaban J connectivity index is 1.71. The van der Waals surface area contributed by atoms with Crippen molar-refractivity contribution in [3.63, 3.8) is 0 Å². The first-order valence-electron chi connectivity index (χ1n) is 7.79. The van der Waals surface area contributed by atoms with Crippen LogP contribution in [0.3, 0.4) is 0 Å². The van der Waals surface area contributed by atoms with Gasteiger partial charge in [0.1, 0.15) is 30.0 Å². The van der Waals surface area contributed by atoms with Crippen molar-refractivity contribution in [1.82, 2.24) is 19.7 Å². The molecule has 0 spiro atoms. The Morgan fingerprint density at radius 1 is 1.36 bits per heavy atom. The molecule has 0 amide bonds. The number of aromatic nitrogens is 3. The van der Waals surface area contributed by atoms with E-state index in [2.05, 4.69) is 10.2 Å². The molecule has 2 aromatic rings. The van der Waals surface area contributed by atoms with Crippen LogP contribution >= 0.6 is 0 Å². The fraction of sp³-hybridized carbons (Fsp3) is 0.438. The van der Waals surface area contributed by atoms with Crippen molar-refractivity contribution in [2.45, 2.75) is 39.0 Å². The Morgan fingerprint density at radius 2 is 2.08 bits per heavy atom. The normalized spacial score (nSPS) is 17.5. The molecule has 0 bridgehead atoms. The predicted octanol–water partition coefficient (Wildman–Crippen LogP) is 1.70. The molecule has 0 saturated carbocycles. The lowest BCUT2D eigenvalue weighted by molar-refractivity contribution is -0.145. The van der Waals surface area contributed by atoms with Crippen molar-refractivity contribution in [2.75, 3.05) is 6.61 Å². The molecule has 0 fully saturated rings. The molecule has 0 radical (unpaired) electrons. The summed E-state index contributed by atoms with van der Waals surface area (Å²) in [6.07, 6.45) is -2.52. The molecule has 7 nitrogen and oxygen atoms in total. The van der Waals surface area contributed by atoms with Gasteiger partial charge in [-0.05, 0) is 24.6 Å². The van der Waals surface area contributed by atoms with Gasteiger partial charge >= 0.3 is 5.97 Å². The number of halogens is 2. The predicted molar refractivity (Wildman–Crippen MR) is 83.4 cm³/mol. The van der Waals surface area contributed by atoms with Crippen LogP contribution in [-0.4, -0.2) is 49.8 Å². The first-order valence-corrected chi connectivity index (χ1v) is 7.79. The molecular formula is C16H18F2N4O3. The summed E-state index contributed by atoms with van der Waals surface area (Å²) >= 11 is 0. The summed E-state index contributed by atoms with van der Waals surface area (Å²) in [5.41, 5.74) is 0.861. The third-order valence-corrected chi connectivity index (χ3v) is 4.12. The van der Waals surface area contributed by atoms with Gasteiger partial charge in [-0.1, -0.05) is 12.1 Å². The van der Waals surface area contributed by atoms with Gasteiger partial charge in [0.05, 0.1) is 13.1 Å². The van der Waals surface area contributed by atoms with Crippen molar-refractivity contribution in [3.05, 3.63) is 41.5 Å². The van der Waals surface area contributed by atoms with Gasteiger partial charge in [0, 0.05) is 6.54 Å². The van der Waals surface area contributed by atoms with E-state index in [-0.39, 0.29) is 0 Å². The van der Waals surface area contributed by atoms with E-state index in [1.54, 1.807) is 36.1 Å². The third-order valence-electron chi connectivity index (χ3n) is 4.12. The molecule has 3 rings (SSSR count). The number of hydrogen-bond acceptors (Lipinski definition) is 5. The van der Waals surface area contributed by atoms with Crippen LogP contribution in [0.5, 0.6) is 5.75 Å². The summed E-state index contributed by atoms with van der Waals surface area (Å²) in [4.78, 5) is 13.4. The molecule has 1 aliphatic heterocycles. The Labute approximate surface area is 142 Å². The molecule has 1 aromatic carbocycles. The van der Waals surface area contributed by atoms with Crippen LogP contribution < -0.4 is 4.74 Å². The Bertz CT molecular complexity index is 748. The highest BCUT2D eigenvalue weighted by molar-refractivity contribution is 5.73. The number of carboxylic acids is 1. The fourth-order valence-corrected chi connectivity index (χ4v) is 2.84. The molecule has 1 N–H and O–H groups in total. The Morgan fingerprint density at radius 3 is 2.72 bits per heavy atom. The molecule has 1 aromatic heterocycles. The van der Waals surface area contributed by atoms with E-state index in [1.807, 2.05) is 4.57 Å². The zero-order chi connectivity index (χ0) is 18.0. The van der Waals surface area contributed by atoms with Crippen molar-refractivity contribution in [3.8, 4) is 5.75 Å². The average molecular weight is 352 g/mol. The average Bonchev–Trinajstić information content (AvgIpc) is 2.93. The molecule has 134 valence electrons. The van der Waals surface area contributed by atoms with E-state index in [1.165, 1.54) is 0 Å². The lowest BCUT2D eigenvalue weighted by Gasteiger charge is -2.33. The topological polar surface area (TPSA) is 80.5 Å². The molecule has 9 heteroatoms. The van der Waals surface area contributed by atoms with Crippen LogP contribution in [0.4, 0.5) is 8.78 Å². The quantitative estimate of drug-likeness (QED) is 0.852. The van der Waals surface area contributed by atoms with Crippen LogP contribution in [0, 0.1) is 6.92 Å². The number of hydrogen-bond donors (Lipinski definition) is 1. The molecule has 25 heavy (non-hydrogen) atoms. The van der Waals surface area contributed by atoms with Gasteiger partial charge in [-0.3, -0.25) is 9.69 Å². The highest BCUT2D eigenvalue weighted by Gasteiger charge is 2.33. The largest absolute Gasteiger partial charge is 0.488 e. The van der Waals surface area contributed by atoms with Crippen LogP contribution in [0.25, 0.3) is 0 Å². The van der Waals surface area contributed by atoms with Crippen LogP contribution in [0.2, 0.25) is 0 Å². The number of alkyl halides is 2. The van der Waals surface area contributed by atoms with Crippen LogP contribution in [0.1, 0.15) is 17.2 Å². The summed E-state index contributed by atoms with van der Waals surface area (Å²) < 4.78 is 31.1. The number of benzene rings is 1. The lowest BCUT2D eigenvalue weighted by Crippen LogP contribution is -2.47. The van der Waals surface area contributed by atoms with Crippen molar-refractivity contribution >= 4 is 5.97 Å². The van der Waals surface area contributed by atoms with Gasteiger partial charge in [0.15, 0.2) is 0 Å². The van der Waals surface area contributed by atoms with E-state index in [4.69, 9.17) is 4.74 Å². The second kappa shape index (κ2) is 7.14. The number of fused-ring (bicyclic) bond motifs is 1. The van der Waals surface area contributed by atoms with Gasteiger partial charge in [-0.15, -0.1) is 10.2 Å². The van der Waals surface area contributed by atoms with Gasteiger partial charge in [0.25, 0.3) is 6.43 Å². The molecule has 0 saturated heterocycles. The maximum Gasteiger partial charge on any atom is 0.322 e. The summed E-state index contributed by atoms with van der Waals surface area (Å²) in [6, 6.07) is 6.00. The fourth-order valence-electron chi connectivity index (χ4n) is 2.84. The maximum absolute atomic E-state index is 12.2. The summed E-state index contributed by atoms with van der Waals surface area (Å²) in [5.74, 6) is 0.872. The highest BCUT2D eigenvalue weighted by atomic mass is 19.3. The Hall–Kier alpha value is -2.55. The minimum absolute atomic E-state index is 0.291. The van der Waals surface area contributed by atoms with Gasteiger partial charge < -0.3 is 14.4 Å². The minimum Gasteiger partial charge on any atom is -0.488 e. The second-order valence-electron chi connectivity index (χ2n) is 5.88. The number of aryl methyl sites for hydroxylation is 1. The number of carbonyl (C=O) groups is 1. The molecule has 1 atom stereocenters. The molecule has 1 unspecified atom stereocenters. The first-order chi connectivity index (χ1) is 11.9. The van der Waals surface area contributed by atoms with E-state index >= 15 is 0 Å². The van der Waals surface area contributed by atoms with Gasteiger partial charge in [-0.2, -0.15) is 0 Å². The molecule has 0 aliphatic carbocycles. The maximum atomic E-state index is 12.2. The van der Waals surface area contributed by atoms with E-state index < -0.39 is 25.0 Å². The first kappa shape index (κ1) is 17.3. The summed E-state index contributed by atoms with van der Waals surface area (Å²) in [7, 11) is 0. The standard InChI is InChI=1S/C16H18F2N4O3/c1-10-19-20-15-8-21(13(16(23)24)7-22(10)15)6-11-2-4-12(5-3-11)25-9-14(17)18/h2-5,13-14H,6-9H2,1H3,(H,23,24). The van der Waals surface area contributed by atoms with Crippen molar-refractivity contribution in [2.24, 2.45) is 0 Å². The zero-order valence-corrected chi connectivity index (χ0v) is 13.6. The number of carboxylic acid groups (broad SMARTS) is 1. The number of nitrogens with zero attached hydrogens (tertiary/aromatic N) is 4. The Kier molecular flexibility index (Phi) is 4.93. The van der Waals surface area contributed by atoms with Crippen LogP contribution in [0.15, 0.2) is 24.3 Å². The smallest absolute Gasteiger partial charge is 0.322 e. The van der Waals surface area contributed by atoms with Gasteiger partial charge in [0.2, 0.25) is 0 Å². The van der Waals surface area contributed by atoms with E-state index in [9.17, 15) is 18.7 Å². The van der Waals surface area contributed by atoms with Crippen molar-refractivity contribution in [1.29, 1.82) is 0 Å². The third kappa shape index (κ3) is 3.93. The second-order valence-corrected chi connectivity index (χ2v) is 5.88. The van der Waals surface area contributed by atoms with Crippen LogP contribution in [-0.2, 0) is 24.4 Å². The summed E-state index contributed by atoms with van der Waals surface area (Å²) in [6.45, 7) is 2.21. The van der Waals surface area contributed by atoms with E-state index in [0.29, 0.717) is 31.2 Å².